The Bertz CT molecular complexity index is 1210. The number of hydrogen-bond donors (Lipinski definition) is 1. The molecule has 4 rings (SSSR count). The van der Waals surface area contributed by atoms with Gasteiger partial charge >= 0.3 is 0 Å². The van der Waals surface area contributed by atoms with Crippen LogP contribution < -0.4 is 10.1 Å². The molecule has 33 heavy (non-hydrogen) atoms. The molecular weight excluding hydrogens is 423 g/mol. The molecule has 1 fully saturated rings. The Morgan fingerprint density at radius 3 is 2.85 bits per heavy atom. The Balaban J connectivity index is 1.70. The highest BCUT2D eigenvalue weighted by Gasteiger charge is 2.19. The topological polar surface area (TPSA) is 89.2 Å². The van der Waals surface area contributed by atoms with Crippen molar-refractivity contribution >= 4 is 12.0 Å². The smallest absolute Gasteiger partial charge is 0.262 e. The highest BCUT2D eigenvalue weighted by molar-refractivity contribution is 6.02. The van der Waals surface area contributed by atoms with E-state index in [0.29, 0.717) is 30.0 Å². The van der Waals surface area contributed by atoms with Gasteiger partial charge in [-0.25, -0.2) is 9.07 Å². The molecule has 0 saturated carbocycles. The number of rotatable bonds is 7. The quantitative estimate of drug-likeness (QED) is 0.439. The summed E-state index contributed by atoms with van der Waals surface area (Å²) in [6.07, 6.45) is 4.98. The maximum absolute atomic E-state index is 14.4. The summed E-state index contributed by atoms with van der Waals surface area (Å²) in [5, 5.41) is 17.0. The van der Waals surface area contributed by atoms with E-state index in [0.717, 1.165) is 18.5 Å². The molecule has 1 amide bonds. The molecule has 0 aliphatic carbocycles. The first-order chi connectivity index (χ1) is 16.1. The van der Waals surface area contributed by atoms with Gasteiger partial charge in [-0.05, 0) is 49.2 Å². The lowest BCUT2D eigenvalue weighted by atomic mass is 10.1. The van der Waals surface area contributed by atoms with Gasteiger partial charge < -0.3 is 14.8 Å². The van der Waals surface area contributed by atoms with Gasteiger partial charge in [0.05, 0.1) is 18.9 Å². The van der Waals surface area contributed by atoms with Gasteiger partial charge in [0.2, 0.25) is 0 Å². The second-order valence-corrected chi connectivity index (χ2v) is 7.58. The fourth-order valence-corrected chi connectivity index (χ4v) is 3.66. The number of amides is 1. The minimum Gasteiger partial charge on any atom is -0.494 e. The normalized spacial score (nSPS) is 15.8. The number of ether oxygens (including phenoxy) is 2. The van der Waals surface area contributed by atoms with E-state index in [-0.39, 0.29) is 17.4 Å². The SMILES string of the molecule is COc1ccc(-c2nn(-c3ccccc3)cc2/C=C(/C#N)C(=O)NCC2CCCO2)cc1F. The van der Waals surface area contributed by atoms with Gasteiger partial charge in [-0.1, -0.05) is 18.2 Å². The number of aromatic nitrogens is 2. The van der Waals surface area contributed by atoms with E-state index in [1.54, 1.807) is 16.9 Å². The number of benzene rings is 2. The molecule has 1 aliphatic heterocycles. The summed E-state index contributed by atoms with van der Waals surface area (Å²) in [6, 6.07) is 15.9. The molecule has 1 aliphatic rings. The van der Waals surface area contributed by atoms with Crippen LogP contribution in [0, 0.1) is 17.1 Å². The fourth-order valence-electron chi connectivity index (χ4n) is 3.66. The van der Waals surface area contributed by atoms with Gasteiger partial charge in [0.1, 0.15) is 17.3 Å². The summed E-state index contributed by atoms with van der Waals surface area (Å²) in [6.45, 7) is 1.03. The monoisotopic (exact) mass is 446 g/mol. The van der Waals surface area contributed by atoms with Crippen LogP contribution in [0.1, 0.15) is 18.4 Å². The van der Waals surface area contributed by atoms with Gasteiger partial charge in [-0.2, -0.15) is 10.4 Å². The molecule has 1 atom stereocenters. The number of carbonyl (C=O) groups excluding carboxylic acids is 1. The third-order valence-electron chi connectivity index (χ3n) is 5.37. The summed E-state index contributed by atoms with van der Waals surface area (Å²) in [7, 11) is 1.39. The zero-order chi connectivity index (χ0) is 23.2. The Morgan fingerprint density at radius 2 is 2.18 bits per heavy atom. The van der Waals surface area contributed by atoms with E-state index in [2.05, 4.69) is 10.4 Å². The second kappa shape index (κ2) is 10.1. The summed E-state index contributed by atoms with van der Waals surface area (Å²) < 4.78 is 26.5. The molecule has 7 nitrogen and oxygen atoms in total. The Morgan fingerprint density at radius 1 is 1.36 bits per heavy atom. The average molecular weight is 446 g/mol. The number of hydrogen-bond acceptors (Lipinski definition) is 5. The maximum Gasteiger partial charge on any atom is 0.262 e. The van der Waals surface area contributed by atoms with Gasteiger partial charge in [-0.3, -0.25) is 4.79 Å². The lowest BCUT2D eigenvalue weighted by Crippen LogP contribution is -2.32. The van der Waals surface area contributed by atoms with Crippen molar-refractivity contribution in [2.24, 2.45) is 0 Å². The van der Waals surface area contributed by atoms with Crippen molar-refractivity contribution in [3.8, 4) is 28.8 Å². The van der Waals surface area contributed by atoms with Crippen molar-refractivity contribution in [2.75, 3.05) is 20.3 Å². The lowest BCUT2D eigenvalue weighted by molar-refractivity contribution is -0.117. The summed E-state index contributed by atoms with van der Waals surface area (Å²) >= 11 is 0. The number of nitriles is 1. The van der Waals surface area contributed by atoms with E-state index < -0.39 is 11.7 Å². The third-order valence-corrected chi connectivity index (χ3v) is 5.37. The molecule has 168 valence electrons. The molecular formula is C25H23FN4O3. The van der Waals surface area contributed by atoms with E-state index in [1.165, 1.54) is 25.3 Å². The molecule has 0 radical (unpaired) electrons. The highest BCUT2D eigenvalue weighted by Crippen LogP contribution is 2.29. The van der Waals surface area contributed by atoms with E-state index in [9.17, 15) is 14.4 Å². The first-order valence-electron chi connectivity index (χ1n) is 10.6. The molecule has 0 bridgehead atoms. The molecule has 3 aromatic rings. The lowest BCUT2D eigenvalue weighted by Gasteiger charge is -2.10. The largest absolute Gasteiger partial charge is 0.494 e. The van der Waals surface area contributed by atoms with Crippen molar-refractivity contribution in [1.29, 1.82) is 5.26 Å². The zero-order valence-corrected chi connectivity index (χ0v) is 18.1. The van der Waals surface area contributed by atoms with Gasteiger partial charge in [-0.15, -0.1) is 0 Å². The van der Waals surface area contributed by atoms with Crippen molar-refractivity contribution in [3.05, 3.63) is 71.7 Å². The van der Waals surface area contributed by atoms with Gasteiger partial charge in [0.25, 0.3) is 5.91 Å². The third kappa shape index (κ3) is 5.10. The average Bonchev–Trinajstić information content (AvgIpc) is 3.51. The molecule has 1 N–H and O–H groups in total. The number of nitrogens with one attached hydrogen (secondary N) is 1. The van der Waals surface area contributed by atoms with Crippen LogP contribution in [0.5, 0.6) is 5.75 Å². The van der Waals surface area contributed by atoms with Crippen LogP contribution in [-0.4, -0.2) is 42.1 Å². The van der Waals surface area contributed by atoms with E-state index >= 15 is 0 Å². The summed E-state index contributed by atoms with van der Waals surface area (Å²) in [5.74, 6) is -0.911. The Labute approximate surface area is 191 Å². The van der Waals surface area contributed by atoms with Crippen LogP contribution in [0.4, 0.5) is 4.39 Å². The standard InChI is InChI=1S/C25H23FN4O3/c1-32-23-10-9-17(13-22(23)26)24-19(16-30(29-24)20-6-3-2-4-7-20)12-18(14-27)25(31)28-15-21-8-5-11-33-21/h2-4,6-7,9-10,12-13,16,21H,5,8,11,15H2,1H3,(H,28,31)/b18-12-. The predicted molar refractivity (Wildman–Crippen MR) is 121 cm³/mol. The zero-order valence-electron chi connectivity index (χ0n) is 18.1. The minimum absolute atomic E-state index is 0.0347. The summed E-state index contributed by atoms with van der Waals surface area (Å²) in [4.78, 5) is 12.6. The molecule has 2 aromatic carbocycles. The van der Waals surface area contributed by atoms with Crippen LogP contribution in [0.25, 0.3) is 23.0 Å². The Hall–Kier alpha value is -3.96. The number of nitrogens with zero attached hydrogens (tertiary/aromatic N) is 3. The van der Waals surface area contributed by atoms with Crippen LogP contribution >= 0.6 is 0 Å². The van der Waals surface area contributed by atoms with Crippen LogP contribution in [0.2, 0.25) is 0 Å². The molecule has 0 spiro atoms. The predicted octanol–water partition coefficient (Wildman–Crippen LogP) is 3.89. The van der Waals surface area contributed by atoms with Crippen molar-refractivity contribution < 1.29 is 18.7 Å². The van der Waals surface area contributed by atoms with E-state index in [4.69, 9.17) is 9.47 Å². The molecule has 1 saturated heterocycles. The number of carbonyl (C=O) groups is 1. The molecule has 2 heterocycles. The maximum atomic E-state index is 14.4. The van der Waals surface area contributed by atoms with Gasteiger partial charge in [0, 0.05) is 30.5 Å². The van der Waals surface area contributed by atoms with Crippen molar-refractivity contribution in [1.82, 2.24) is 15.1 Å². The Kier molecular flexibility index (Phi) is 6.81. The highest BCUT2D eigenvalue weighted by atomic mass is 19.1. The second-order valence-electron chi connectivity index (χ2n) is 7.58. The van der Waals surface area contributed by atoms with Crippen molar-refractivity contribution in [2.45, 2.75) is 18.9 Å². The number of para-hydroxylation sites is 1. The van der Waals surface area contributed by atoms with Gasteiger partial charge in [0.15, 0.2) is 11.6 Å². The van der Waals surface area contributed by atoms with Crippen LogP contribution in [-0.2, 0) is 9.53 Å². The van der Waals surface area contributed by atoms with Crippen LogP contribution in [0.3, 0.4) is 0 Å². The minimum atomic E-state index is -0.533. The first kappa shape index (κ1) is 22.2. The molecule has 1 unspecified atom stereocenters. The number of halogens is 1. The van der Waals surface area contributed by atoms with E-state index in [1.807, 2.05) is 36.4 Å². The van der Waals surface area contributed by atoms with Crippen molar-refractivity contribution in [3.63, 3.8) is 0 Å². The molecule has 1 aromatic heterocycles. The first-order valence-corrected chi connectivity index (χ1v) is 10.6. The molecule has 8 heteroatoms. The summed E-state index contributed by atoms with van der Waals surface area (Å²) in [5.41, 5.74) is 2.14. The number of methoxy groups -OCH3 is 1. The fraction of sp³-hybridized carbons (Fsp3) is 0.240. The van der Waals surface area contributed by atoms with Crippen LogP contribution in [0.15, 0.2) is 60.3 Å².